The van der Waals surface area contributed by atoms with E-state index in [-0.39, 0.29) is 4.32 Å². The van der Waals surface area contributed by atoms with Crippen molar-refractivity contribution in [1.82, 2.24) is 0 Å². The highest BCUT2D eigenvalue weighted by Crippen LogP contribution is 2.84. The highest BCUT2D eigenvalue weighted by Gasteiger charge is 2.85. The maximum atomic E-state index is 4.02. The summed E-state index contributed by atoms with van der Waals surface area (Å²) >= 11 is 38.9. The second-order valence-electron chi connectivity index (χ2n) is 5.17. The number of hydrogen-bond acceptors (Lipinski definition) is 0. The van der Waals surface area contributed by atoms with Crippen LogP contribution in [0.2, 0.25) is 0 Å². The molecule has 0 radical (unpaired) electrons. The quantitative estimate of drug-likeness (QED) is 0.214. The monoisotopic (exact) mass is 937 g/mol. The Bertz CT molecular complexity index is 655. The Kier molecular flexibility index (Phi) is 5.44. The van der Waals surface area contributed by atoms with Gasteiger partial charge in [-0.05, 0) is 11.1 Å². The Balaban J connectivity index is 2.43. The zero-order chi connectivity index (χ0) is 17.0. The van der Waals surface area contributed by atoms with E-state index in [1.165, 1.54) is 5.57 Å². The van der Waals surface area contributed by atoms with Crippen molar-refractivity contribution in [2.24, 2.45) is 0 Å². The zero-order valence-corrected chi connectivity index (χ0v) is 25.9. The summed E-state index contributed by atoms with van der Waals surface area (Å²) in [5, 5.41) is 0. The largest absolute Gasteiger partial charge is 0.137 e. The summed E-state index contributed by atoms with van der Waals surface area (Å²) in [6.45, 7) is 0. The van der Waals surface area contributed by atoms with Crippen LogP contribution in [-0.2, 0) is 0 Å². The predicted molar refractivity (Wildman–Crippen MR) is 131 cm³/mol. The Morgan fingerprint density at radius 3 is 1.73 bits per heavy atom. The number of hydrogen-bond donors (Lipinski definition) is 0. The number of halogens is 10. The molecular formula is C12H4Br10. The lowest BCUT2D eigenvalue weighted by Crippen LogP contribution is -2.80. The van der Waals surface area contributed by atoms with E-state index in [1.54, 1.807) is 0 Å². The van der Waals surface area contributed by atoms with E-state index in [1.807, 2.05) is 12.2 Å². The van der Waals surface area contributed by atoms with E-state index in [9.17, 15) is 0 Å². The molecule has 3 rings (SSSR count). The van der Waals surface area contributed by atoms with Gasteiger partial charge in [0.1, 0.15) is 12.9 Å². The molecule has 122 valence electrons. The highest BCUT2D eigenvalue weighted by atomic mass is 79.9. The molecule has 0 spiro atoms. The molecule has 0 aliphatic heterocycles. The molecule has 0 heterocycles. The summed E-state index contributed by atoms with van der Waals surface area (Å²) in [7, 11) is 0. The summed E-state index contributed by atoms with van der Waals surface area (Å²) in [5.74, 6) is 0. The van der Waals surface area contributed by atoms with Crippen molar-refractivity contribution in [3.05, 3.63) is 35.5 Å². The van der Waals surface area contributed by atoms with Gasteiger partial charge in [-0.1, -0.05) is 184 Å². The van der Waals surface area contributed by atoms with Crippen LogP contribution in [0.1, 0.15) is 0 Å². The second-order valence-corrected chi connectivity index (χ2v) is 21.4. The van der Waals surface area contributed by atoms with Crippen molar-refractivity contribution >= 4 is 159 Å². The maximum absolute atomic E-state index is 4.02. The molecule has 0 amide bonds. The topological polar surface area (TPSA) is 0 Å². The van der Waals surface area contributed by atoms with Crippen LogP contribution in [0.4, 0.5) is 0 Å². The van der Waals surface area contributed by atoms with E-state index < -0.39 is 17.3 Å². The smallest absolute Gasteiger partial charge is 0.0755 e. The fourth-order valence-electron chi connectivity index (χ4n) is 2.96. The molecule has 3 aliphatic carbocycles. The van der Waals surface area contributed by atoms with Gasteiger partial charge in [0.25, 0.3) is 0 Å². The Hall–Kier alpha value is 4.02. The van der Waals surface area contributed by atoms with Crippen LogP contribution in [0.15, 0.2) is 35.5 Å². The number of rotatable bonds is 0. The van der Waals surface area contributed by atoms with E-state index in [0.717, 1.165) is 5.57 Å². The SMILES string of the molecule is BrC1(Br)C2=C3C=CC=CC3(Br)C2(Br)C(Br)(Br)C(Br)(Br)C1(Br)Br. The number of fused-ring (bicyclic) bond motifs is 3. The summed E-state index contributed by atoms with van der Waals surface area (Å²) < 4.78 is -3.26. The van der Waals surface area contributed by atoms with Crippen molar-refractivity contribution < 1.29 is 0 Å². The van der Waals surface area contributed by atoms with Crippen LogP contribution in [0.5, 0.6) is 0 Å². The molecule has 2 atom stereocenters. The van der Waals surface area contributed by atoms with Gasteiger partial charge in [-0.3, -0.25) is 0 Å². The summed E-state index contributed by atoms with van der Waals surface area (Å²) in [6, 6.07) is 0. The Labute approximate surface area is 212 Å². The lowest BCUT2D eigenvalue weighted by Gasteiger charge is -2.71. The summed E-state index contributed by atoms with van der Waals surface area (Å²) in [5.41, 5.74) is 2.36. The lowest BCUT2D eigenvalue weighted by molar-refractivity contribution is 0.416. The molecule has 0 saturated heterocycles. The first-order valence-electron chi connectivity index (χ1n) is 5.72. The molecule has 2 unspecified atom stereocenters. The van der Waals surface area contributed by atoms with Crippen LogP contribution in [0, 0.1) is 0 Å². The van der Waals surface area contributed by atoms with Crippen LogP contribution < -0.4 is 0 Å². The number of allylic oxidation sites excluding steroid dienone is 6. The number of alkyl halides is 10. The van der Waals surface area contributed by atoms with Gasteiger partial charge in [0.2, 0.25) is 0 Å². The molecule has 0 aromatic carbocycles. The lowest BCUT2D eigenvalue weighted by atomic mass is 9.60. The minimum atomic E-state index is -0.638. The van der Waals surface area contributed by atoms with Gasteiger partial charge >= 0.3 is 0 Å². The third kappa shape index (κ3) is 2.04. The average molecular weight is 947 g/mol. The molecule has 0 nitrogen and oxygen atoms in total. The molecule has 1 saturated carbocycles. The van der Waals surface area contributed by atoms with Gasteiger partial charge in [-0.25, -0.2) is 0 Å². The van der Waals surface area contributed by atoms with Crippen molar-refractivity contribution in [3.8, 4) is 0 Å². The first-order chi connectivity index (χ1) is 9.71. The van der Waals surface area contributed by atoms with Gasteiger partial charge in [-0.15, -0.1) is 0 Å². The Morgan fingerprint density at radius 1 is 0.636 bits per heavy atom. The van der Waals surface area contributed by atoms with Crippen molar-refractivity contribution in [2.45, 2.75) is 21.6 Å². The van der Waals surface area contributed by atoms with Gasteiger partial charge in [-0.2, -0.15) is 0 Å². The molecule has 0 bridgehead atoms. The van der Waals surface area contributed by atoms with E-state index in [4.69, 9.17) is 0 Å². The molecule has 3 aliphatic rings. The van der Waals surface area contributed by atoms with Crippen molar-refractivity contribution in [1.29, 1.82) is 0 Å². The maximum Gasteiger partial charge on any atom is 0.137 e. The summed E-state index contributed by atoms with van der Waals surface area (Å²) in [4.78, 5) is 0. The van der Waals surface area contributed by atoms with E-state index in [2.05, 4.69) is 171 Å². The fourth-order valence-corrected chi connectivity index (χ4v) is 14.2. The minimum absolute atomic E-state index is 0.354. The van der Waals surface area contributed by atoms with Crippen LogP contribution in [-0.4, -0.2) is 21.6 Å². The van der Waals surface area contributed by atoms with Crippen molar-refractivity contribution in [3.63, 3.8) is 0 Å². The normalized spacial score (nSPS) is 42.5. The van der Waals surface area contributed by atoms with Gasteiger partial charge in [0.15, 0.2) is 0 Å². The molecule has 1 fully saturated rings. The van der Waals surface area contributed by atoms with Gasteiger partial charge in [0, 0.05) is 0 Å². The first-order valence-corrected chi connectivity index (χ1v) is 13.6. The standard InChI is InChI=1S/C12H4Br10/c13-7-4-2-1-3-5(7)6-8(7,14)10(17,18)12(21,22)11(19,20)9(6,15)16/h1-4H. The third-order valence-electron chi connectivity index (χ3n) is 4.14. The van der Waals surface area contributed by atoms with E-state index >= 15 is 0 Å². The molecule has 0 aromatic heterocycles. The summed E-state index contributed by atoms with van der Waals surface area (Å²) in [6.07, 6.45) is 8.37. The Morgan fingerprint density at radius 2 is 1.18 bits per heavy atom. The highest BCUT2D eigenvalue weighted by molar-refractivity contribution is 9.34. The molecule has 0 aromatic rings. The fraction of sp³-hybridized carbons (Fsp3) is 0.500. The van der Waals surface area contributed by atoms with Gasteiger partial charge < -0.3 is 0 Å². The van der Waals surface area contributed by atoms with E-state index in [0.29, 0.717) is 0 Å². The van der Waals surface area contributed by atoms with Crippen LogP contribution >= 0.6 is 159 Å². The molecule has 22 heavy (non-hydrogen) atoms. The first kappa shape index (κ1) is 20.7. The predicted octanol–water partition coefficient (Wildman–Crippen LogP) is 8.65. The minimum Gasteiger partial charge on any atom is -0.0755 e. The van der Waals surface area contributed by atoms with Crippen LogP contribution in [0.25, 0.3) is 0 Å². The van der Waals surface area contributed by atoms with Crippen LogP contribution in [0.3, 0.4) is 0 Å². The molecule has 10 heteroatoms. The van der Waals surface area contributed by atoms with Gasteiger partial charge in [0.05, 0.1) is 8.65 Å². The van der Waals surface area contributed by atoms with Crippen molar-refractivity contribution in [2.75, 3.05) is 0 Å². The second kappa shape index (κ2) is 5.77. The zero-order valence-electron chi connectivity index (χ0n) is 10.1. The third-order valence-corrected chi connectivity index (χ3v) is 24.1. The molecular weight excluding hydrogens is 943 g/mol. The molecule has 0 N–H and O–H groups in total. The average Bonchev–Trinajstić information content (AvgIpc) is 2.38.